The minimum atomic E-state index is -0.293. The molecule has 0 aliphatic heterocycles. The van der Waals surface area contributed by atoms with E-state index in [0.29, 0.717) is 0 Å². The summed E-state index contributed by atoms with van der Waals surface area (Å²) in [5.41, 5.74) is 2.19. The number of halogens is 2. The molecule has 0 aliphatic carbocycles. The molecule has 3 aromatic rings. The predicted octanol–water partition coefficient (Wildman–Crippen LogP) is 4.10. The maximum atomic E-state index is 13.0. The monoisotopic (exact) mass is 317 g/mol. The largest absolute Gasteiger partial charge is 0.322 e. The minimum absolute atomic E-state index is 0.172. The van der Waals surface area contributed by atoms with Crippen molar-refractivity contribution in [2.45, 2.75) is 0 Å². The van der Waals surface area contributed by atoms with E-state index in [1.165, 1.54) is 18.2 Å². The molecule has 0 aliphatic rings. The molecule has 1 heterocycles. The van der Waals surface area contributed by atoms with Crippen molar-refractivity contribution < 1.29 is 4.39 Å². The maximum Gasteiger partial charge on any atom is 0.249 e. The first-order valence-corrected chi connectivity index (χ1v) is 6.51. The molecule has 0 spiro atoms. The van der Waals surface area contributed by atoms with Gasteiger partial charge in [0.15, 0.2) is 0 Å². The molecular formula is C15H9BrFNO. The van der Waals surface area contributed by atoms with Crippen molar-refractivity contribution in [2.24, 2.45) is 0 Å². The summed E-state index contributed by atoms with van der Waals surface area (Å²) in [6.45, 7) is 0. The van der Waals surface area contributed by atoms with Crippen molar-refractivity contribution in [3.05, 3.63) is 69.2 Å². The Bertz CT molecular complexity index is 808. The summed E-state index contributed by atoms with van der Waals surface area (Å²) in [7, 11) is 0. The molecule has 0 atom stereocenters. The third-order valence-electron chi connectivity index (χ3n) is 2.96. The molecule has 19 heavy (non-hydrogen) atoms. The lowest BCUT2D eigenvalue weighted by atomic mass is 10.0. The second kappa shape index (κ2) is 4.63. The van der Waals surface area contributed by atoms with Gasteiger partial charge in [-0.2, -0.15) is 0 Å². The summed E-state index contributed by atoms with van der Waals surface area (Å²) < 4.78 is 13.9. The van der Waals surface area contributed by atoms with Gasteiger partial charge in [0.1, 0.15) is 5.82 Å². The molecule has 3 rings (SSSR count). The zero-order valence-electron chi connectivity index (χ0n) is 9.78. The molecule has 94 valence electrons. The highest BCUT2D eigenvalue weighted by Crippen LogP contribution is 2.28. The van der Waals surface area contributed by atoms with E-state index in [-0.39, 0.29) is 11.4 Å². The lowest BCUT2D eigenvalue weighted by molar-refractivity contribution is 0.628. The topological polar surface area (TPSA) is 32.9 Å². The zero-order chi connectivity index (χ0) is 13.4. The molecule has 2 nitrogen and oxygen atoms in total. The van der Waals surface area contributed by atoms with Crippen LogP contribution in [0.1, 0.15) is 0 Å². The number of hydrogen-bond acceptors (Lipinski definition) is 1. The van der Waals surface area contributed by atoms with E-state index in [2.05, 4.69) is 20.9 Å². The number of aromatic amines is 1. The van der Waals surface area contributed by atoms with E-state index in [4.69, 9.17) is 0 Å². The smallest absolute Gasteiger partial charge is 0.249 e. The average Bonchev–Trinajstić information content (AvgIpc) is 2.39. The van der Waals surface area contributed by atoms with E-state index >= 15 is 0 Å². The van der Waals surface area contributed by atoms with Gasteiger partial charge in [0.2, 0.25) is 5.56 Å². The fourth-order valence-corrected chi connectivity index (χ4v) is 2.46. The molecule has 0 fully saturated rings. The van der Waals surface area contributed by atoms with Crippen molar-refractivity contribution in [1.29, 1.82) is 0 Å². The van der Waals surface area contributed by atoms with Gasteiger partial charge in [-0.1, -0.05) is 28.1 Å². The van der Waals surface area contributed by atoms with Crippen LogP contribution in [-0.4, -0.2) is 4.98 Å². The summed E-state index contributed by atoms with van der Waals surface area (Å²) in [4.78, 5) is 14.5. The number of rotatable bonds is 1. The molecule has 0 bridgehead atoms. The molecule has 4 heteroatoms. The van der Waals surface area contributed by atoms with Gasteiger partial charge in [0.05, 0.1) is 0 Å². The predicted molar refractivity (Wildman–Crippen MR) is 77.7 cm³/mol. The number of H-pyrrole nitrogens is 1. The van der Waals surface area contributed by atoms with Gasteiger partial charge in [-0.25, -0.2) is 4.39 Å². The highest BCUT2D eigenvalue weighted by molar-refractivity contribution is 9.10. The Hall–Kier alpha value is -1.94. The maximum absolute atomic E-state index is 13.0. The van der Waals surface area contributed by atoms with Crippen LogP contribution < -0.4 is 5.56 Å². The van der Waals surface area contributed by atoms with Gasteiger partial charge in [0.25, 0.3) is 0 Å². The summed E-state index contributed by atoms with van der Waals surface area (Å²) in [5.74, 6) is -0.293. The fourth-order valence-electron chi connectivity index (χ4n) is 2.09. The molecule has 0 amide bonds. The summed E-state index contributed by atoms with van der Waals surface area (Å²) in [5, 5.41) is 0.917. The lowest BCUT2D eigenvalue weighted by Gasteiger charge is -2.07. The molecule has 1 aromatic heterocycles. The quantitative estimate of drug-likeness (QED) is 0.720. The Labute approximate surface area is 117 Å². The summed E-state index contributed by atoms with van der Waals surface area (Å²) in [6.07, 6.45) is 0. The van der Waals surface area contributed by atoms with Crippen LogP contribution in [0, 0.1) is 5.82 Å². The van der Waals surface area contributed by atoms with Gasteiger partial charge in [-0.05, 0) is 41.5 Å². The number of pyridine rings is 1. The molecule has 1 N–H and O–H groups in total. The van der Waals surface area contributed by atoms with E-state index in [9.17, 15) is 9.18 Å². The second-order valence-electron chi connectivity index (χ2n) is 4.24. The first kappa shape index (κ1) is 12.1. The van der Waals surface area contributed by atoms with E-state index in [1.807, 2.05) is 18.2 Å². The number of fused-ring (bicyclic) bond motifs is 1. The second-order valence-corrected chi connectivity index (χ2v) is 5.16. The SMILES string of the molecule is O=c1cc(-c2ccc(F)cc2)c2cc(Br)ccc2[nH]1. The fraction of sp³-hybridized carbons (Fsp3) is 0. The van der Waals surface area contributed by atoms with Crippen LogP contribution in [-0.2, 0) is 0 Å². The van der Waals surface area contributed by atoms with Gasteiger partial charge in [-0.3, -0.25) is 4.79 Å². The van der Waals surface area contributed by atoms with Crippen LogP contribution in [0.5, 0.6) is 0 Å². The van der Waals surface area contributed by atoms with Gasteiger partial charge in [-0.15, -0.1) is 0 Å². The summed E-state index contributed by atoms with van der Waals surface area (Å²) in [6, 6.07) is 13.3. The first-order valence-electron chi connectivity index (χ1n) is 5.72. The Kier molecular flexibility index (Phi) is 2.95. The average molecular weight is 318 g/mol. The van der Waals surface area contributed by atoms with Crippen LogP contribution in [0.15, 0.2) is 57.8 Å². The third kappa shape index (κ3) is 2.31. The van der Waals surface area contributed by atoms with Crippen LogP contribution >= 0.6 is 15.9 Å². The van der Waals surface area contributed by atoms with E-state index in [0.717, 1.165) is 26.5 Å². The van der Waals surface area contributed by atoms with Crippen molar-refractivity contribution in [3.63, 3.8) is 0 Å². The molecule has 2 aromatic carbocycles. The first-order chi connectivity index (χ1) is 9.13. The molecular weight excluding hydrogens is 309 g/mol. The van der Waals surface area contributed by atoms with Crippen LogP contribution in [0.25, 0.3) is 22.0 Å². The highest BCUT2D eigenvalue weighted by atomic mass is 79.9. The molecule has 0 radical (unpaired) electrons. The number of hydrogen-bond donors (Lipinski definition) is 1. The lowest BCUT2D eigenvalue weighted by Crippen LogP contribution is -2.04. The summed E-state index contributed by atoms with van der Waals surface area (Å²) >= 11 is 3.42. The van der Waals surface area contributed by atoms with Crippen LogP contribution in [0.3, 0.4) is 0 Å². The molecule has 0 saturated carbocycles. The third-order valence-corrected chi connectivity index (χ3v) is 3.45. The molecule has 0 saturated heterocycles. The Morgan fingerprint density at radius 3 is 2.47 bits per heavy atom. The zero-order valence-corrected chi connectivity index (χ0v) is 11.4. The van der Waals surface area contributed by atoms with Crippen molar-refractivity contribution >= 4 is 26.8 Å². The van der Waals surface area contributed by atoms with E-state index < -0.39 is 0 Å². The van der Waals surface area contributed by atoms with Gasteiger partial charge < -0.3 is 4.98 Å². The standard InChI is InChI=1S/C15H9BrFNO/c16-10-3-6-14-13(7-10)12(8-15(19)18-14)9-1-4-11(17)5-2-9/h1-8H,(H,18,19). The van der Waals surface area contributed by atoms with Crippen molar-refractivity contribution in [3.8, 4) is 11.1 Å². The van der Waals surface area contributed by atoms with Gasteiger partial charge in [0, 0.05) is 21.4 Å². The Morgan fingerprint density at radius 1 is 1.00 bits per heavy atom. The normalized spacial score (nSPS) is 10.8. The Morgan fingerprint density at radius 2 is 1.74 bits per heavy atom. The highest BCUT2D eigenvalue weighted by Gasteiger charge is 2.06. The number of aromatic nitrogens is 1. The number of benzene rings is 2. The van der Waals surface area contributed by atoms with Crippen molar-refractivity contribution in [2.75, 3.05) is 0 Å². The minimum Gasteiger partial charge on any atom is -0.322 e. The van der Waals surface area contributed by atoms with Crippen LogP contribution in [0.4, 0.5) is 4.39 Å². The van der Waals surface area contributed by atoms with Crippen molar-refractivity contribution in [1.82, 2.24) is 4.98 Å². The van der Waals surface area contributed by atoms with Gasteiger partial charge >= 0.3 is 0 Å². The Balaban J connectivity index is 2.35. The van der Waals surface area contributed by atoms with E-state index in [1.54, 1.807) is 12.1 Å². The molecule has 0 unspecified atom stereocenters. The van der Waals surface area contributed by atoms with Crippen LogP contribution in [0.2, 0.25) is 0 Å². The number of nitrogens with one attached hydrogen (secondary N) is 1.